The highest BCUT2D eigenvalue weighted by molar-refractivity contribution is 5.93. The number of para-hydroxylation sites is 1. The molecule has 1 heterocycles. The van der Waals surface area contributed by atoms with Crippen molar-refractivity contribution in [2.24, 2.45) is 0 Å². The lowest BCUT2D eigenvalue weighted by molar-refractivity contribution is 0.0706. The second kappa shape index (κ2) is 9.45. The summed E-state index contributed by atoms with van der Waals surface area (Å²) in [6, 6.07) is 22.0. The molecule has 0 saturated carbocycles. The van der Waals surface area contributed by atoms with Crippen LogP contribution in [-0.2, 0) is 13.0 Å². The first-order valence-electron chi connectivity index (χ1n) is 10.5. The SMILES string of the molecule is CCCc1nc2cccc(NCc3ccc(C(=O)NO)cc3)c2c(=O)n1-c1ccccc1. The van der Waals surface area contributed by atoms with E-state index in [1.54, 1.807) is 34.3 Å². The Bertz CT molecular complexity index is 1300. The summed E-state index contributed by atoms with van der Waals surface area (Å²) in [6.07, 6.45) is 1.58. The molecule has 162 valence electrons. The highest BCUT2D eigenvalue weighted by Gasteiger charge is 2.15. The summed E-state index contributed by atoms with van der Waals surface area (Å²) in [5.41, 5.74) is 4.95. The molecule has 4 rings (SSSR count). The van der Waals surface area contributed by atoms with Crippen molar-refractivity contribution in [1.29, 1.82) is 0 Å². The van der Waals surface area contributed by atoms with E-state index in [0.717, 1.165) is 23.5 Å². The predicted molar refractivity (Wildman–Crippen MR) is 124 cm³/mol. The standard InChI is InChI=1S/C25H24N4O3/c1-2-7-22-27-21-11-6-10-20(23(21)25(31)29(22)19-8-4-3-5-9-19)26-16-17-12-14-18(15-13-17)24(30)28-32/h3-6,8-15,26,32H,2,7,16H2,1H3,(H,28,30). The van der Waals surface area contributed by atoms with Gasteiger partial charge in [-0.3, -0.25) is 19.4 Å². The lowest BCUT2D eigenvalue weighted by Gasteiger charge is -2.15. The molecular formula is C25H24N4O3. The van der Waals surface area contributed by atoms with Gasteiger partial charge in [0.1, 0.15) is 5.82 Å². The van der Waals surface area contributed by atoms with Crippen LogP contribution in [-0.4, -0.2) is 20.7 Å². The van der Waals surface area contributed by atoms with Gasteiger partial charge in [-0.2, -0.15) is 0 Å². The van der Waals surface area contributed by atoms with Crippen molar-refractivity contribution in [1.82, 2.24) is 15.0 Å². The molecule has 1 aromatic heterocycles. The van der Waals surface area contributed by atoms with Crippen LogP contribution in [0.2, 0.25) is 0 Å². The van der Waals surface area contributed by atoms with Crippen molar-refractivity contribution < 1.29 is 10.0 Å². The van der Waals surface area contributed by atoms with Crippen LogP contribution in [0.4, 0.5) is 5.69 Å². The number of hydroxylamine groups is 1. The molecule has 3 N–H and O–H groups in total. The summed E-state index contributed by atoms with van der Waals surface area (Å²) in [4.78, 5) is 29.9. The van der Waals surface area contributed by atoms with Gasteiger partial charge in [0, 0.05) is 24.2 Å². The predicted octanol–water partition coefficient (Wildman–Crippen LogP) is 4.07. The maximum atomic E-state index is 13.6. The Kier molecular flexibility index (Phi) is 6.28. The number of rotatable bonds is 7. The Hall–Kier alpha value is -3.97. The molecule has 7 nitrogen and oxygen atoms in total. The lowest BCUT2D eigenvalue weighted by atomic mass is 10.1. The van der Waals surface area contributed by atoms with Gasteiger partial charge in [-0.05, 0) is 48.4 Å². The highest BCUT2D eigenvalue weighted by atomic mass is 16.5. The molecule has 0 aliphatic heterocycles. The normalized spacial score (nSPS) is 10.8. The maximum Gasteiger partial charge on any atom is 0.274 e. The van der Waals surface area contributed by atoms with E-state index in [2.05, 4.69) is 12.2 Å². The van der Waals surface area contributed by atoms with E-state index in [1.165, 1.54) is 0 Å². The first-order valence-corrected chi connectivity index (χ1v) is 10.5. The number of nitrogens with zero attached hydrogens (tertiary/aromatic N) is 2. The number of carbonyl (C=O) groups excluding carboxylic acids is 1. The maximum absolute atomic E-state index is 13.6. The average molecular weight is 428 g/mol. The molecule has 1 amide bonds. The van der Waals surface area contributed by atoms with Crippen molar-refractivity contribution in [3.63, 3.8) is 0 Å². The van der Waals surface area contributed by atoms with Gasteiger partial charge in [0.25, 0.3) is 11.5 Å². The van der Waals surface area contributed by atoms with Gasteiger partial charge in [0.2, 0.25) is 0 Å². The van der Waals surface area contributed by atoms with Gasteiger partial charge in [-0.25, -0.2) is 10.5 Å². The second-order valence-corrected chi connectivity index (χ2v) is 7.45. The Morgan fingerprint density at radius 2 is 1.75 bits per heavy atom. The smallest absolute Gasteiger partial charge is 0.274 e. The molecule has 0 atom stereocenters. The average Bonchev–Trinajstić information content (AvgIpc) is 2.83. The molecule has 0 radical (unpaired) electrons. The molecule has 0 spiro atoms. The quantitative estimate of drug-likeness (QED) is 0.305. The third-order valence-corrected chi connectivity index (χ3v) is 5.26. The first-order chi connectivity index (χ1) is 15.6. The number of hydrogen-bond donors (Lipinski definition) is 3. The molecule has 3 aromatic carbocycles. The Morgan fingerprint density at radius 1 is 1.00 bits per heavy atom. The zero-order chi connectivity index (χ0) is 22.5. The fourth-order valence-corrected chi connectivity index (χ4v) is 3.69. The van der Waals surface area contributed by atoms with Gasteiger partial charge in [-0.1, -0.05) is 43.3 Å². The number of amides is 1. The van der Waals surface area contributed by atoms with Crippen LogP contribution >= 0.6 is 0 Å². The number of aryl methyl sites for hydroxylation is 1. The third-order valence-electron chi connectivity index (χ3n) is 5.26. The summed E-state index contributed by atoms with van der Waals surface area (Å²) < 4.78 is 1.69. The van der Waals surface area contributed by atoms with Gasteiger partial charge in [-0.15, -0.1) is 0 Å². The Labute approximate surface area is 185 Å². The molecule has 0 bridgehead atoms. The van der Waals surface area contributed by atoms with Crippen LogP contribution in [0, 0.1) is 0 Å². The number of anilines is 1. The number of aromatic nitrogens is 2. The molecule has 0 fully saturated rings. The van der Waals surface area contributed by atoms with E-state index < -0.39 is 5.91 Å². The summed E-state index contributed by atoms with van der Waals surface area (Å²) in [7, 11) is 0. The molecule has 0 aliphatic rings. The monoisotopic (exact) mass is 428 g/mol. The minimum atomic E-state index is -0.561. The van der Waals surface area contributed by atoms with E-state index in [1.807, 2.05) is 48.5 Å². The number of nitrogens with one attached hydrogen (secondary N) is 2. The summed E-state index contributed by atoms with van der Waals surface area (Å²) in [5.74, 6) is 0.181. The summed E-state index contributed by atoms with van der Waals surface area (Å²) >= 11 is 0. The zero-order valence-corrected chi connectivity index (χ0v) is 17.7. The molecule has 0 saturated heterocycles. The number of fused-ring (bicyclic) bond motifs is 1. The topological polar surface area (TPSA) is 96.2 Å². The largest absolute Gasteiger partial charge is 0.380 e. The second-order valence-electron chi connectivity index (χ2n) is 7.45. The number of carbonyl (C=O) groups is 1. The van der Waals surface area contributed by atoms with E-state index in [-0.39, 0.29) is 5.56 Å². The zero-order valence-electron chi connectivity index (χ0n) is 17.7. The molecule has 4 aromatic rings. The minimum Gasteiger partial charge on any atom is -0.380 e. The molecule has 32 heavy (non-hydrogen) atoms. The van der Waals surface area contributed by atoms with Gasteiger partial charge < -0.3 is 5.32 Å². The van der Waals surface area contributed by atoms with Crippen LogP contribution in [0.25, 0.3) is 16.6 Å². The van der Waals surface area contributed by atoms with Crippen molar-refractivity contribution in [3.8, 4) is 5.69 Å². The molecular weight excluding hydrogens is 404 g/mol. The first kappa shape index (κ1) is 21.3. The molecule has 7 heteroatoms. The molecule has 0 aliphatic carbocycles. The van der Waals surface area contributed by atoms with Crippen molar-refractivity contribution in [2.45, 2.75) is 26.3 Å². The van der Waals surface area contributed by atoms with Crippen molar-refractivity contribution in [2.75, 3.05) is 5.32 Å². The fourth-order valence-electron chi connectivity index (χ4n) is 3.69. The number of hydrogen-bond acceptors (Lipinski definition) is 5. The van der Waals surface area contributed by atoms with E-state index in [0.29, 0.717) is 35.1 Å². The van der Waals surface area contributed by atoms with Crippen molar-refractivity contribution >= 4 is 22.5 Å². The Morgan fingerprint density at radius 3 is 2.44 bits per heavy atom. The number of benzene rings is 3. The molecule has 0 unspecified atom stereocenters. The van der Waals surface area contributed by atoms with Crippen LogP contribution in [0.3, 0.4) is 0 Å². The van der Waals surface area contributed by atoms with E-state index in [4.69, 9.17) is 10.2 Å². The van der Waals surface area contributed by atoms with E-state index >= 15 is 0 Å². The highest BCUT2D eigenvalue weighted by Crippen LogP contribution is 2.22. The Balaban J connectivity index is 1.73. The van der Waals surface area contributed by atoms with Crippen LogP contribution in [0.1, 0.15) is 35.1 Å². The van der Waals surface area contributed by atoms with Crippen LogP contribution in [0.15, 0.2) is 77.6 Å². The van der Waals surface area contributed by atoms with Gasteiger partial charge in [0.15, 0.2) is 0 Å². The van der Waals surface area contributed by atoms with E-state index in [9.17, 15) is 9.59 Å². The third kappa shape index (κ3) is 4.24. The summed E-state index contributed by atoms with van der Waals surface area (Å²) in [6.45, 7) is 2.53. The van der Waals surface area contributed by atoms with Crippen LogP contribution < -0.4 is 16.4 Å². The van der Waals surface area contributed by atoms with Crippen LogP contribution in [0.5, 0.6) is 0 Å². The minimum absolute atomic E-state index is 0.109. The van der Waals surface area contributed by atoms with Crippen molar-refractivity contribution in [3.05, 3.63) is 100 Å². The summed E-state index contributed by atoms with van der Waals surface area (Å²) in [5, 5.41) is 12.6. The lowest BCUT2D eigenvalue weighted by Crippen LogP contribution is -2.24. The van der Waals surface area contributed by atoms with Gasteiger partial charge >= 0.3 is 0 Å². The fraction of sp³-hybridized carbons (Fsp3) is 0.160. The van der Waals surface area contributed by atoms with Gasteiger partial charge in [0.05, 0.1) is 16.6 Å².